The predicted octanol–water partition coefficient (Wildman–Crippen LogP) is -0.241. The predicted molar refractivity (Wildman–Crippen MR) is 48.2 cm³/mol. The van der Waals surface area contributed by atoms with Crippen LogP contribution in [0.15, 0.2) is 0 Å². The van der Waals surface area contributed by atoms with Crippen molar-refractivity contribution in [2.24, 2.45) is 5.73 Å². The van der Waals surface area contributed by atoms with Crippen molar-refractivity contribution in [2.75, 3.05) is 18.8 Å². The van der Waals surface area contributed by atoms with Gasteiger partial charge in [0.2, 0.25) is 10.0 Å². The van der Waals surface area contributed by atoms with Gasteiger partial charge in [0.25, 0.3) is 0 Å². The van der Waals surface area contributed by atoms with Gasteiger partial charge in [0.15, 0.2) is 0 Å². The minimum atomic E-state index is -2.99. The molecule has 0 radical (unpaired) electrons. The van der Waals surface area contributed by atoms with E-state index < -0.39 is 10.0 Å². The van der Waals surface area contributed by atoms with Crippen molar-refractivity contribution < 1.29 is 8.42 Å². The number of nitrogens with two attached hydrogens (primary N) is 1. The van der Waals surface area contributed by atoms with Crippen molar-refractivity contribution in [3.8, 4) is 0 Å². The molecule has 0 bridgehead atoms. The fraction of sp³-hybridized carbons (Fsp3) is 1.00. The molecule has 1 rings (SSSR count). The van der Waals surface area contributed by atoms with E-state index >= 15 is 0 Å². The first kappa shape index (κ1) is 9.95. The molecule has 0 aromatic rings. The van der Waals surface area contributed by atoms with Gasteiger partial charge in [0, 0.05) is 19.1 Å². The first-order chi connectivity index (χ1) is 5.56. The van der Waals surface area contributed by atoms with Gasteiger partial charge in [-0.2, -0.15) is 0 Å². The van der Waals surface area contributed by atoms with Crippen LogP contribution in [0.1, 0.15) is 19.8 Å². The van der Waals surface area contributed by atoms with E-state index in [0.717, 1.165) is 6.42 Å². The van der Waals surface area contributed by atoms with Crippen LogP contribution in [0.4, 0.5) is 0 Å². The van der Waals surface area contributed by atoms with Crippen LogP contribution in [0.25, 0.3) is 0 Å². The van der Waals surface area contributed by atoms with E-state index in [1.807, 2.05) is 6.92 Å². The third-order valence-corrected chi connectivity index (χ3v) is 4.09. The van der Waals surface area contributed by atoms with E-state index in [4.69, 9.17) is 5.73 Å². The quantitative estimate of drug-likeness (QED) is 0.671. The van der Waals surface area contributed by atoms with Gasteiger partial charge < -0.3 is 5.73 Å². The number of hydrogen-bond donors (Lipinski definition) is 1. The fourth-order valence-corrected chi connectivity index (χ4v) is 2.97. The van der Waals surface area contributed by atoms with Crippen LogP contribution in [0, 0.1) is 0 Å². The number of rotatable bonds is 3. The van der Waals surface area contributed by atoms with Gasteiger partial charge in [0.1, 0.15) is 0 Å². The molecule has 4 nitrogen and oxygen atoms in total. The standard InChI is InChI=1S/C7H16N2O2S/c1-2-5-12(10,11)9-4-3-7(8)6-9/h7H,2-6,8H2,1H3. The van der Waals surface area contributed by atoms with Crippen molar-refractivity contribution in [1.29, 1.82) is 0 Å². The molecule has 1 unspecified atom stereocenters. The second-order valence-corrected chi connectivity index (χ2v) is 5.31. The summed E-state index contributed by atoms with van der Waals surface area (Å²) in [7, 11) is -2.99. The lowest BCUT2D eigenvalue weighted by atomic mass is 10.3. The molecule has 1 fully saturated rings. The van der Waals surface area contributed by atoms with E-state index in [1.165, 1.54) is 4.31 Å². The zero-order valence-corrected chi connectivity index (χ0v) is 8.18. The van der Waals surface area contributed by atoms with Gasteiger partial charge in [-0.25, -0.2) is 12.7 Å². The topological polar surface area (TPSA) is 63.4 Å². The van der Waals surface area contributed by atoms with E-state index in [1.54, 1.807) is 0 Å². The molecule has 1 saturated heterocycles. The van der Waals surface area contributed by atoms with Gasteiger partial charge >= 0.3 is 0 Å². The molecule has 2 N–H and O–H groups in total. The summed E-state index contributed by atoms with van der Waals surface area (Å²) in [6.07, 6.45) is 1.47. The summed E-state index contributed by atoms with van der Waals surface area (Å²) >= 11 is 0. The minimum absolute atomic E-state index is 0.0385. The lowest BCUT2D eigenvalue weighted by molar-refractivity contribution is 0.472. The van der Waals surface area contributed by atoms with E-state index in [2.05, 4.69) is 0 Å². The summed E-state index contributed by atoms with van der Waals surface area (Å²) in [5.74, 6) is 0.250. The summed E-state index contributed by atoms with van der Waals surface area (Å²) in [6.45, 7) is 2.97. The van der Waals surface area contributed by atoms with Crippen molar-refractivity contribution in [2.45, 2.75) is 25.8 Å². The first-order valence-electron chi connectivity index (χ1n) is 4.29. The molecule has 1 atom stereocenters. The normalized spacial score (nSPS) is 26.3. The van der Waals surface area contributed by atoms with Crippen LogP contribution >= 0.6 is 0 Å². The Balaban J connectivity index is 2.58. The summed E-state index contributed by atoms with van der Waals surface area (Å²) in [5, 5.41) is 0. The average Bonchev–Trinajstić information content (AvgIpc) is 2.36. The molecule has 12 heavy (non-hydrogen) atoms. The minimum Gasteiger partial charge on any atom is -0.326 e. The molecule has 0 saturated carbocycles. The van der Waals surface area contributed by atoms with Crippen LogP contribution in [-0.4, -0.2) is 37.6 Å². The summed E-state index contributed by atoms with van der Waals surface area (Å²) in [4.78, 5) is 0. The van der Waals surface area contributed by atoms with Crippen LogP contribution in [-0.2, 0) is 10.0 Å². The lowest BCUT2D eigenvalue weighted by Gasteiger charge is -2.14. The number of hydrogen-bond acceptors (Lipinski definition) is 3. The highest BCUT2D eigenvalue weighted by Crippen LogP contribution is 2.12. The Morgan fingerprint density at radius 3 is 2.67 bits per heavy atom. The maximum absolute atomic E-state index is 11.4. The second-order valence-electron chi connectivity index (χ2n) is 3.22. The largest absolute Gasteiger partial charge is 0.326 e. The number of nitrogens with zero attached hydrogens (tertiary/aromatic N) is 1. The molecule has 0 aromatic carbocycles. The maximum Gasteiger partial charge on any atom is 0.214 e. The molecule has 0 amide bonds. The molecule has 0 aliphatic carbocycles. The monoisotopic (exact) mass is 192 g/mol. The SMILES string of the molecule is CCCS(=O)(=O)N1CCC(N)C1. The Hall–Kier alpha value is -0.130. The third-order valence-electron chi connectivity index (χ3n) is 2.04. The highest BCUT2D eigenvalue weighted by atomic mass is 32.2. The molecule has 5 heteroatoms. The van der Waals surface area contributed by atoms with Crippen LogP contribution in [0.5, 0.6) is 0 Å². The van der Waals surface area contributed by atoms with E-state index in [-0.39, 0.29) is 11.8 Å². The fourth-order valence-electron chi connectivity index (χ4n) is 1.39. The lowest BCUT2D eigenvalue weighted by Crippen LogP contribution is -2.33. The molecule has 1 heterocycles. The third kappa shape index (κ3) is 2.18. The van der Waals surface area contributed by atoms with E-state index in [0.29, 0.717) is 19.5 Å². The summed E-state index contributed by atoms with van der Waals surface area (Å²) < 4.78 is 24.4. The Bertz CT molecular complexity index is 238. The molecule has 1 aliphatic heterocycles. The Morgan fingerprint density at radius 1 is 1.58 bits per heavy atom. The summed E-state index contributed by atoms with van der Waals surface area (Å²) in [5.41, 5.74) is 5.61. The Labute approximate surface area is 73.8 Å². The molecular weight excluding hydrogens is 176 g/mol. The molecule has 1 aliphatic rings. The smallest absolute Gasteiger partial charge is 0.214 e. The Morgan fingerprint density at radius 2 is 2.25 bits per heavy atom. The molecule has 0 aromatic heterocycles. The van der Waals surface area contributed by atoms with E-state index in [9.17, 15) is 8.42 Å². The van der Waals surface area contributed by atoms with Crippen LogP contribution in [0.3, 0.4) is 0 Å². The van der Waals surface area contributed by atoms with Crippen molar-refractivity contribution in [1.82, 2.24) is 4.31 Å². The van der Waals surface area contributed by atoms with Gasteiger partial charge in [-0.3, -0.25) is 0 Å². The zero-order valence-electron chi connectivity index (χ0n) is 7.36. The second kappa shape index (κ2) is 3.72. The first-order valence-corrected chi connectivity index (χ1v) is 5.90. The number of sulfonamides is 1. The summed E-state index contributed by atoms with van der Waals surface area (Å²) in [6, 6.07) is 0.0385. The maximum atomic E-state index is 11.4. The zero-order chi connectivity index (χ0) is 9.19. The van der Waals surface area contributed by atoms with Crippen molar-refractivity contribution >= 4 is 10.0 Å². The Kier molecular flexibility index (Phi) is 3.09. The van der Waals surface area contributed by atoms with Gasteiger partial charge in [-0.05, 0) is 12.8 Å². The average molecular weight is 192 g/mol. The molecule has 0 spiro atoms. The molecule has 72 valence electrons. The van der Waals surface area contributed by atoms with Gasteiger partial charge in [-0.15, -0.1) is 0 Å². The van der Waals surface area contributed by atoms with Gasteiger partial charge in [-0.1, -0.05) is 6.92 Å². The highest BCUT2D eigenvalue weighted by Gasteiger charge is 2.28. The van der Waals surface area contributed by atoms with Crippen molar-refractivity contribution in [3.63, 3.8) is 0 Å². The van der Waals surface area contributed by atoms with Crippen LogP contribution in [0.2, 0.25) is 0 Å². The van der Waals surface area contributed by atoms with Crippen LogP contribution < -0.4 is 5.73 Å². The van der Waals surface area contributed by atoms with Gasteiger partial charge in [0.05, 0.1) is 5.75 Å². The highest BCUT2D eigenvalue weighted by molar-refractivity contribution is 7.89. The molecular formula is C7H16N2O2S. The van der Waals surface area contributed by atoms with Crippen molar-refractivity contribution in [3.05, 3.63) is 0 Å².